The zero-order valence-electron chi connectivity index (χ0n) is 24.4. The third kappa shape index (κ3) is 7.05. The van der Waals surface area contributed by atoms with Gasteiger partial charge in [-0.1, -0.05) is 13.8 Å². The van der Waals surface area contributed by atoms with Crippen LogP contribution in [0.15, 0.2) is 40.9 Å². The quantitative estimate of drug-likeness (QED) is 0.194. The van der Waals surface area contributed by atoms with Crippen LogP contribution in [-0.2, 0) is 10.9 Å². The lowest BCUT2D eigenvalue weighted by molar-refractivity contribution is -0.140. The van der Waals surface area contributed by atoms with Crippen LogP contribution in [0.5, 0.6) is 0 Å². The van der Waals surface area contributed by atoms with Crippen LogP contribution in [0.2, 0.25) is 0 Å². The second kappa shape index (κ2) is 13.5. The first kappa shape index (κ1) is 32.5. The number of nitrogens with zero attached hydrogens (tertiary/aromatic N) is 4. The molecule has 11 nitrogen and oxygen atoms in total. The monoisotopic (exact) mass is 632 g/mol. The lowest BCUT2D eigenvalue weighted by atomic mass is 10.0. The number of ether oxygens (including phenoxy) is 1. The predicted molar refractivity (Wildman–Crippen MR) is 160 cm³/mol. The highest BCUT2D eigenvalue weighted by molar-refractivity contribution is 7.13. The van der Waals surface area contributed by atoms with Crippen LogP contribution in [0.4, 0.5) is 23.8 Å². The van der Waals surface area contributed by atoms with E-state index >= 15 is 0 Å². The van der Waals surface area contributed by atoms with E-state index in [0.29, 0.717) is 18.5 Å². The number of alkyl halides is 3. The molecule has 1 unspecified atom stereocenters. The van der Waals surface area contributed by atoms with Gasteiger partial charge in [0.05, 0.1) is 24.6 Å². The Morgan fingerprint density at radius 3 is 2.50 bits per heavy atom. The van der Waals surface area contributed by atoms with E-state index in [9.17, 15) is 32.7 Å². The van der Waals surface area contributed by atoms with E-state index in [1.165, 1.54) is 30.7 Å². The molecule has 0 spiro atoms. The number of aromatic nitrogens is 4. The Balaban J connectivity index is 1.96. The van der Waals surface area contributed by atoms with E-state index in [-0.39, 0.29) is 57.7 Å². The Kier molecular flexibility index (Phi) is 9.99. The highest BCUT2D eigenvalue weighted by Crippen LogP contribution is 2.39. The fourth-order valence-electron chi connectivity index (χ4n) is 4.61. The Bertz CT molecular complexity index is 1740. The van der Waals surface area contributed by atoms with E-state index < -0.39 is 35.3 Å². The molecule has 4 rings (SSSR count). The number of nitrogens with one attached hydrogen (secondary N) is 2. The second-order valence-corrected chi connectivity index (χ2v) is 11.1. The number of hydrogen-bond donors (Lipinski definition) is 3. The molecule has 3 N–H and O–H groups in total. The van der Waals surface area contributed by atoms with Crippen LogP contribution in [-0.4, -0.2) is 56.4 Å². The molecule has 0 aliphatic rings. The molecule has 0 fully saturated rings. The third-order valence-corrected chi connectivity index (χ3v) is 7.41. The number of amides is 2. The molecule has 4 aromatic heterocycles. The fraction of sp³-hybridized carbons (Fsp3) is 0.379. The molecule has 4 aromatic rings. The van der Waals surface area contributed by atoms with Crippen LogP contribution in [0.25, 0.3) is 32.7 Å². The topological polar surface area (TPSA) is 148 Å². The minimum absolute atomic E-state index is 0.0104. The molecule has 0 aliphatic heterocycles. The van der Waals surface area contributed by atoms with Gasteiger partial charge in [-0.25, -0.2) is 24.5 Å². The average Bonchev–Trinajstić information content (AvgIpc) is 3.48. The van der Waals surface area contributed by atoms with Crippen LogP contribution in [0.1, 0.15) is 56.2 Å². The molecule has 4 heterocycles. The number of thiazole rings is 1. The number of anilines is 1. The highest BCUT2D eigenvalue weighted by atomic mass is 32.1. The lowest BCUT2D eigenvalue weighted by Crippen LogP contribution is -2.28. The van der Waals surface area contributed by atoms with Crippen molar-refractivity contribution in [2.24, 2.45) is 5.92 Å². The normalized spacial score (nSPS) is 12.4. The number of fused-ring (bicyclic) bond motifs is 1. The lowest BCUT2D eigenvalue weighted by Gasteiger charge is -2.23. The summed E-state index contributed by atoms with van der Waals surface area (Å²) in [4.78, 5) is 51.0. The van der Waals surface area contributed by atoms with Crippen molar-refractivity contribution >= 4 is 40.2 Å². The summed E-state index contributed by atoms with van der Waals surface area (Å²) in [5.41, 5.74) is -1.04. The predicted octanol–water partition coefficient (Wildman–Crippen LogP) is 5.50. The number of halogens is 3. The highest BCUT2D eigenvalue weighted by Gasteiger charge is 2.34. The van der Waals surface area contributed by atoms with Crippen LogP contribution >= 0.6 is 11.3 Å². The molecule has 1 atom stereocenters. The van der Waals surface area contributed by atoms with Crippen LogP contribution in [0.3, 0.4) is 0 Å². The number of carbonyl (C=O) groups is 2. The number of pyridine rings is 3. The molecule has 0 bridgehead atoms. The van der Waals surface area contributed by atoms with Gasteiger partial charge in [0.2, 0.25) is 5.43 Å². The molecule has 234 valence electrons. The SMILES string of the molecule is CCNC(=O)Nc1cc(-c2nc(C(F)(F)F)cs2)c(-c2cnc3c(c2)c(=O)c(C(=O)OCC)cn3C(CO)CC(C)C)cn1. The van der Waals surface area contributed by atoms with Crippen molar-refractivity contribution in [2.45, 2.75) is 46.3 Å². The van der Waals surface area contributed by atoms with E-state index in [1.54, 1.807) is 18.4 Å². The van der Waals surface area contributed by atoms with Gasteiger partial charge in [0.15, 0.2) is 5.69 Å². The van der Waals surface area contributed by atoms with Crippen molar-refractivity contribution in [3.05, 3.63) is 57.6 Å². The summed E-state index contributed by atoms with van der Waals surface area (Å²) in [6.45, 7) is 7.33. The number of carbonyl (C=O) groups excluding carboxylic acids is 2. The maximum Gasteiger partial charge on any atom is 0.434 e. The number of aliphatic hydroxyl groups is 1. The van der Waals surface area contributed by atoms with E-state index in [4.69, 9.17) is 4.74 Å². The van der Waals surface area contributed by atoms with E-state index in [1.807, 2.05) is 13.8 Å². The van der Waals surface area contributed by atoms with E-state index in [2.05, 4.69) is 25.6 Å². The minimum atomic E-state index is -4.68. The summed E-state index contributed by atoms with van der Waals surface area (Å²) in [7, 11) is 0. The zero-order valence-corrected chi connectivity index (χ0v) is 25.2. The number of urea groups is 1. The van der Waals surface area contributed by atoms with Crippen molar-refractivity contribution in [2.75, 3.05) is 25.1 Å². The Morgan fingerprint density at radius 1 is 1.14 bits per heavy atom. The fourth-order valence-corrected chi connectivity index (χ4v) is 5.47. The van der Waals surface area contributed by atoms with Crippen molar-refractivity contribution in [3.8, 4) is 21.7 Å². The summed E-state index contributed by atoms with van der Waals surface area (Å²) in [5.74, 6) is -0.629. The maximum atomic E-state index is 13.6. The van der Waals surface area contributed by atoms with Gasteiger partial charge in [0, 0.05) is 47.2 Å². The summed E-state index contributed by atoms with van der Waals surface area (Å²) in [6, 6.07) is 1.76. The summed E-state index contributed by atoms with van der Waals surface area (Å²) in [6.07, 6.45) is -0.0803. The van der Waals surface area contributed by atoms with Gasteiger partial charge in [-0.2, -0.15) is 13.2 Å². The molecule has 0 aromatic carbocycles. The summed E-state index contributed by atoms with van der Waals surface area (Å²) >= 11 is 0.747. The van der Waals surface area contributed by atoms with Crippen LogP contribution < -0.4 is 16.1 Å². The third-order valence-electron chi connectivity index (χ3n) is 6.53. The molecular formula is C29H31F3N6O5S. The summed E-state index contributed by atoms with van der Waals surface area (Å²) < 4.78 is 47.0. The smallest absolute Gasteiger partial charge is 0.434 e. The molecular weight excluding hydrogens is 601 g/mol. The molecule has 0 saturated heterocycles. The largest absolute Gasteiger partial charge is 0.462 e. The van der Waals surface area contributed by atoms with Crippen molar-refractivity contribution in [1.82, 2.24) is 24.8 Å². The van der Waals surface area contributed by atoms with Crippen LogP contribution in [0, 0.1) is 5.92 Å². The number of rotatable bonds is 10. The van der Waals surface area contributed by atoms with Crippen molar-refractivity contribution in [1.29, 1.82) is 0 Å². The zero-order chi connectivity index (χ0) is 32.2. The number of esters is 1. The molecule has 0 saturated carbocycles. The Labute approximate surface area is 254 Å². The van der Waals surface area contributed by atoms with Gasteiger partial charge in [-0.15, -0.1) is 11.3 Å². The van der Waals surface area contributed by atoms with Gasteiger partial charge in [0.25, 0.3) is 0 Å². The summed E-state index contributed by atoms with van der Waals surface area (Å²) in [5, 5.41) is 16.2. The average molecular weight is 633 g/mol. The first-order chi connectivity index (χ1) is 20.9. The Hall–Kier alpha value is -4.37. The van der Waals surface area contributed by atoms with Crippen molar-refractivity contribution < 1.29 is 32.6 Å². The van der Waals surface area contributed by atoms with Gasteiger partial charge in [-0.05, 0) is 38.3 Å². The molecule has 44 heavy (non-hydrogen) atoms. The standard InChI is InChI=1S/C29H31F3N6O5S/c1-5-33-28(42)37-23-9-18(26-36-22(14-44-26)29(30,31)32)20(11-34-23)16-8-19-24(40)21(27(41)43-6-2)12-38(25(19)35-10-16)17(13-39)7-15(3)4/h8-12,14-15,17,39H,5-7,13H2,1-4H3,(H2,33,34,37,42). The van der Waals surface area contributed by atoms with Gasteiger partial charge in [-0.3, -0.25) is 10.1 Å². The van der Waals surface area contributed by atoms with Crippen molar-refractivity contribution in [3.63, 3.8) is 0 Å². The number of hydrogen-bond acceptors (Lipinski definition) is 9. The van der Waals surface area contributed by atoms with Gasteiger partial charge >= 0.3 is 18.2 Å². The minimum Gasteiger partial charge on any atom is -0.462 e. The van der Waals surface area contributed by atoms with Gasteiger partial charge in [0.1, 0.15) is 22.0 Å². The van der Waals surface area contributed by atoms with E-state index in [0.717, 1.165) is 16.7 Å². The first-order valence-corrected chi connectivity index (χ1v) is 14.7. The van der Waals surface area contributed by atoms with Gasteiger partial charge < -0.3 is 19.7 Å². The molecule has 0 radical (unpaired) electrons. The second-order valence-electron chi connectivity index (χ2n) is 10.2. The molecule has 0 aliphatic carbocycles. The molecule has 2 amide bonds. The molecule has 15 heteroatoms. The maximum absolute atomic E-state index is 13.6. The first-order valence-electron chi connectivity index (χ1n) is 13.8. The number of aliphatic hydroxyl groups excluding tert-OH is 1. The Morgan fingerprint density at radius 2 is 1.89 bits per heavy atom.